The molecule has 1 amide bonds. The van der Waals surface area contributed by atoms with Crippen LogP contribution in [-0.2, 0) is 9.59 Å². The first-order valence-electron chi connectivity index (χ1n) is 6.09. The van der Waals surface area contributed by atoms with E-state index in [1.807, 2.05) is 20.8 Å². The quantitative estimate of drug-likeness (QED) is 0.598. The van der Waals surface area contributed by atoms with Crippen molar-refractivity contribution in [3.8, 4) is 0 Å². The molecule has 5 heteroatoms. The first kappa shape index (κ1) is 15.9. The van der Waals surface area contributed by atoms with Gasteiger partial charge >= 0.3 is 5.97 Å². The Morgan fingerprint density at radius 1 is 1.35 bits per heavy atom. The first-order chi connectivity index (χ1) is 7.81. The topological polar surface area (TPSA) is 78.4 Å². The molecule has 0 aromatic rings. The highest BCUT2D eigenvalue weighted by Crippen LogP contribution is 2.12. The maximum absolute atomic E-state index is 11.6. The molecule has 0 aromatic carbocycles. The molecule has 0 bridgehead atoms. The third-order valence-corrected chi connectivity index (χ3v) is 2.54. The summed E-state index contributed by atoms with van der Waals surface area (Å²) in [7, 11) is 0. The molecule has 0 heterocycles. The van der Waals surface area contributed by atoms with Crippen LogP contribution in [-0.4, -0.2) is 35.1 Å². The van der Waals surface area contributed by atoms with Crippen molar-refractivity contribution < 1.29 is 14.7 Å². The fourth-order valence-corrected chi connectivity index (χ4v) is 1.57. The van der Waals surface area contributed by atoms with E-state index >= 15 is 0 Å². The van der Waals surface area contributed by atoms with Crippen molar-refractivity contribution in [1.82, 2.24) is 10.6 Å². The van der Waals surface area contributed by atoms with Gasteiger partial charge in [-0.05, 0) is 13.3 Å². The summed E-state index contributed by atoms with van der Waals surface area (Å²) in [4.78, 5) is 22.7. The molecule has 3 N–H and O–H groups in total. The predicted octanol–water partition coefficient (Wildman–Crippen LogP) is 1.13. The fourth-order valence-electron chi connectivity index (χ4n) is 1.57. The van der Waals surface area contributed by atoms with E-state index in [4.69, 9.17) is 5.11 Å². The van der Waals surface area contributed by atoms with E-state index in [1.165, 1.54) is 0 Å². The van der Waals surface area contributed by atoms with Crippen LogP contribution < -0.4 is 10.6 Å². The Morgan fingerprint density at radius 2 is 1.94 bits per heavy atom. The standard InChI is InChI=1S/C12H24N2O3/c1-5-7-12(4,11(16)17)14-10(15)6-8-13-9(2)3/h9,13H,5-8H2,1-4H3,(H,14,15)(H,16,17). The first-order valence-corrected chi connectivity index (χ1v) is 6.09. The minimum atomic E-state index is -1.15. The van der Waals surface area contributed by atoms with E-state index in [9.17, 15) is 9.59 Å². The Kier molecular flexibility index (Phi) is 6.80. The maximum atomic E-state index is 11.6. The summed E-state index contributed by atoms with van der Waals surface area (Å²) in [5, 5.41) is 14.8. The van der Waals surface area contributed by atoms with E-state index in [0.29, 0.717) is 31.8 Å². The molecule has 0 saturated heterocycles. The summed E-state index contributed by atoms with van der Waals surface area (Å²) in [6.07, 6.45) is 1.45. The van der Waals surface area contributed by atoms with Crippen molar-refractivity contribution in [2.75, 3.05) is 6.54 Å². The van der Waals surface area contributed by atoms with Gasteiger partial charge in [0, 0.05) is 19.0 Å². The summed E-state index contributed by atoms with van der Waals surface area (Å²) >= 11 is 0. The van der Waals surface area contributed by atoms with Crippen LogP contribution in [0.5, 0.6) is 0 Å². The molecule has 0 fully saturated rings. The Balaban J connectivity index is 4.18. The zero-order valence-electron chi connectivity index (χ0n) is 11.2. The van der Waals surface area contributed by atoms with E-state index in [2.05, 4.69) is 10.6 Å². The largest absolute Gasteiger partial charge is 0.480 e. The number of nitrogens with one attached hydrogen (secondary N) is 2. The Hall–Kier alpha value is -1.10. The molecule has 17 heavy (non-hydrogen) atoms. The van der Waals surface area contributed by atoms with Crippen LogP contribution in [0.4, 0.5) is 0 Å². The monoisotopic (exact) mass is 244 g/mol. The van der Waals surface area contributed by atoms with Crippen LogP contribution in [0.3, 0.4) is 0 Å². The highest BCUT2D eigenvalue weighted by molar-refractivity contribution is 5.86. The summed E-state index contributed by atoms with van der Waals surface area (Å²) in [6, 6.07) is 0.323. The minimum absolute atomic E-state index is 0.225. The molecule has 0 aliphatic heterocycles. The highest BCUT2D eigenvalue weighted by atomic mass is 16.4. The van der Waals surface area contributed by atoms with Gasteiger partial charge in [0.2, 0.25) is 5.91 Å². The molecule has 0 aromatic heterocycles. The third-order valence-electron chi connectivity index (χ3n) is 2.54. The normalized spacial score (nSPS) is 14.4. The van der Waals surface area contributed by atoms with Crippen molar-refractivity contribution in [2.45, 2.75) is 58.5 Å². The van der Waals surface area contributed by atoms with Gasteiger partial charge in [-0.3, -0.25) is 4.79 Å². The highest BCUT2D eigenvalue weighted by Gasteiger charge is 2.33. The Labute approximate surface area is 103 Å². The van der Waals surface area contributed by atoms with Gasteiger partial charge in [0.15, 0.2) is 0 Å². The number of carbonyl (C=O) groups excluding carboxylic acids is 1. The number of carbonyl (C=O) groups is 2. The van der Waals surface area contributed by atoms with E-state index in [0.717, 1.165) is 0 Å². The molecule has 0 aliphatic rings. The Bertz CT molecular complexity index is 266. The van der Waals surface area contributed by atoms with E-state index in [-0.39, 0.29) is 5.91 Å². The zero-order chi connectivity index (χ0) is 13.5. The van der Waals surface area contributed by atoms with Crippen LogP contribution in [0.25, 0.3) is 0 Å². The third kappa shape index (κ3) is 6.26. The molecule has 0 aliphatic carbocycles. The number of aliphatic carboxylic acids is 1. The summed E-state index contributed by atoms with van der Waals surface area (Å²) in [5.41, 5.74) is -1.15. The number of rotatable bonds is 8. The van der Waals surface area contributed by atoms with Gasteiger partial charge in [-0.1, -0.05) is 27.2 Å². The van der Waals surface area contributed by atoms with Gasteiger partial charge in [-0.25, -0.2) is 4.79 Å². The van der Waals surface area contributed by atoms with Crippen molar-refractivity contribution in [3.63, 3.8) is 0 Å². The molecule has 0 spiro atoms. The van der Waals surface area contributed by atoms with Crippen molar-refractivity contribution in [1.29, 1.82) is 0 Å². The number of amides is 1. The average molecular weight is 244 g/mol. The van der Waals surface area contributed by atoms with Gasteiger partial charge < -0.3 is 15.7 Å². The van der Waals surface area contributed by atoms with Gasteiger partial charge in [0.05, 0.1) is 0 Å². The SMILES string of the molecule is CCCC(C)(NC(=O)CCNC(C)C)C(=O)O. The Morgan fingerprint density at radius 3 is 2.35 bits per heavy atom. The lowest BCUT2D eigenvalue weighted by molar-refractivity contribution is -0.147. The van der Waals surface area contributed by atoms with E-state index < -0.39 is 11.5 Å². The second-order valence-corrected chi connectivity index (χ2v) is 4.79. The lowest BCUT2D eigenvalue weighted by atomic mass is 9.96. The summed E-state index contributed by atoms with van der Waals surface area (Å²) < 4.78 is 0. The van der Waals surface area contributed by atoms with Crippen LogP contribution in [0, 0.1) is 0 Å². The van der Waals surface area contributed by atoms with Gasteiger partial charge in [-0.15, -0.1) is 0 Å². The number of carboxylic acid groups (broad SMARTS) is 1. The fraction of sp³-hybridized carbons (Fsp3) is 0.833. The molecule has 0 saturated carbocycles. The molecule has 1 unspecified atom stereocenters. The zero-order valence-corrected chi connectivity index (χ0v) is 11.2. The van der Waals surface area contributed by atoms with Crippen molar-refractivity contribution >= 4 is 11.9 Å². The second kappa shape index (κ2) is 7.27. The predicted molar refractivity (Wildman–Crippen MR) is 66.8 cm³/mol. The smallest absolute Gasteiger partial charge is 0.329 e. The second-order valence-electron chi connectivity index (χ2n) is 4.79. The molecular formula is C12H24N2O3. The lowest BCUT2D eigenvalue weighted by Crippen LogP contribution is -2.52. The molecule has 1 atom stereocenters. The van der Waals surface area contributed by atoms with Crippen LogP contribution in [0.15, 0.2) is 0 Å². The number of hydrogen-bond acceptors (Lipinski definition) is 3. The van der Waals surface area contributed by atoms with Crippen LogP contribution >= 0.6 is 0 Å². The van der Waals surface area contributed by atoms with Crippen molar-refractivity contribution in [2.24, 2.45) is 0 Å². The lowest BCUT2D eigenvalue weighted by Gasteiger charge is -2.25. The minimum Gasteiger partial charge on any atom is -0.480 e. The van der Waals surface area contributed by atoms with Gasteiger partial charge in [0.25, 0.3) is 0 Å². The number of carboxylic acids is 1. The van der Waals surface area contributed by atoms with Gasteiger partial charge in [-0.2, -0.15) is 0 Å². The molecule has 0 rings (SSSR count). The maximum Gasteiger partial charge on any atom is 0.329 e. The van der Waals surface area contributed by atoms with Crippen LogP contribution in [0.1, 0.15) is 47.0 Å². The molecule has 0 radical (unpaired) electrons. The number of hydrogen-bond donors (Lipinski definition) is 3. The van der Waals surface area contributed by atoms with E-state index in [1.54, 1.807) is 6.92 Å². The summed E-state index contributed by atoms with van der Waals surface area (Å²) in [6.45, 7) is 8.00. The van der Waals surface area contributed by atoms with Crippen molar-refractivity contribution in [3.05, 3.63) is 0 Å². The molecular weight excluding hydrogens is 220 g/mol. The van der Waals surface area contributed by atoms with Gasteiger partial charge in [0.1, 0.15) is 5.54 Å². The summed E-state index contributed by atoms with van der Waals surface area (Å²) in [5.74, 6) is -1.21. The average Bonchev–Trinajstić information content (AvgIpc) is 2.16. The molecule has 5 nitrogen and oxygen atoms in total. The van der Waals surface area contributed by atoms with Crippen LogP contribution in [0.2, 0.25) is 0 Å². The molecule has 100 valence electrons.